The third-order valence-electron chi connectivity index (χ3n) is 4.26. The minimum Gasteiger partial charge on any atom is -0.423 e. The summed E-state index contributed by atoms with van der Waals surface area (Å²) in [5.74, 6) is -0.710. The van der Waals surface area contributed by atoms with E-state index in [1.807, 2.05) is 30.3 Å². The summed E-state index contributed by atoms with van der Waals surface area (Å²) in [5, 5.41) is 1.87. The van der Waals surface area contributed by atoms with Gasteiger partial charge in [0.2, 0.25) is 10.0 Å². The average molecular weight is 410 g/mol. The lowest BCUT2D eigenvalue weighted by Crippen LogP contribution is -2.45. The van der Waals surface area contributed by atoms with Crippen molar-refractivity contribution in [2.24, 2.45) is 5.92 Å². The van der Waals surface area contributed by atoms with Crippen LogP contribution in [-0.2, 0) is 14.8 Å². The van der Waals surface area contributed by atoms with Crippen LogP contribution in [-0.4, -0.2) is 25.4 Å². The van der Waals surface area contributed by atoms with Gasteiger partial charge in [0, 0.05) is 17.0 Å². The van der Waals surface area contributed by atoms with Gasteiger partial charge in [-0.25, -0.2) is 13.2 Å². The van der Waals surface area contributed by atoms with Crippen LogP contribution < -0.4 is 9.46 Å². The fraction of sp³-hybridized carbons (Fsp3) is 0.182. The van der Waals surface area contributed by atoms with Crippen molar-refractivity contribution in [3.8, 4) is 5.75 Å². The molecule has 7 heteroatoms. The summed E-state index contributed by atoms with van der Waals surface area (Å²) in [5.41, 5.74) is 1.28. The molecule has 29 heavy (non-hydrogen) atoms. The first-order valence-corrected chi connectivity index (χ1v) is 10.7. The van der Waals surface area contributed by atoms with E-state index in [9.17, 15) is 13.2 Å². The van der Waals surface area contributed by atoms with E-state index in [2.05, 4.69) is 9.71 Å². The normalized spacial score (nSPS) is 13.1. The minimum atomic E-state index is -3.85. The van der Waals surface area contributed by atoms with Crippen molar-refractivity contribution >= 4 is 33.0 Å². The highest BCUT2D eigenvalue weighted by atomic mass is 32.2. The number of benzene rings is 2. The van der Waals surface area contributed by atoms with E-state index < -0.39 is 22.0 Å². The van der Waals surface area contributed by atoms with E-state index in [4.69, 9.17) is 4.74 Å². The lowest BCUT2D eigenvalue weighted by atomic mass is 10.1. The van der Waals surface area contributed by atoms with E-state index in [0.717, 1.165) is 16.4 Å². The van der Waals surface area contributed by atoms with Crippen molar-refractivity contribution in [3.05, 3.63) is 77.8 Å². The molecule has 2 aromatic carbocycles. The lowest BCUT2D eigenvalue weighted by Gasteiger charge is -2.20. The Morgan fingerprint density at radius 1 is 1.03 bits per heavy atom. The van der Waals surface area contributed by atoms with Gasteiger partial charge in [-0.3, -0.25) is 4.98 Å². The standard InChI is InChI=1S/C22H22N2O4S/c1-16(2)20(24-29(26,27)15-13-17-8-4-3-5-9-17)22(25)28-19-12-6-10-18-11-7-14-23-21(18)19/h3-16,20,24H,1-2H3/b15-13+/t20-/m0/s1. The Morgan fingerprint density at radius 2 is 1.76 bits per heavy atom. The predicted molar refractivity (Wildman–Crippen MR) is 114 cm³/mol. The molecule has 0 spiro atoms. The van der Waals surface area contributed by atoms with E-state index in [-0.39, 0.29) is 11.7 Å². The third kappa shape index (κ3) is 5.49. The smallest absolute Gasteiger partial charge is 0.329 e. The van der Waals surface area contributed by atoms with Crippen LogP contribution in [0.15, 0.2) is 72.3 Å². The van der Waals surface area contributed by atoms with Crippen LogP contribution >= 0.6 is 0 Å². The summed E-state index contributed by atoms with van der Waals surface area (Å²) in [6, 6.07) is 16.9. The Hall–Kier alpha value is -3.03. The number of hydrogen-bond acceptors (Lipinski definition) is 5. The Morgan fingerprint density at radius 3 is 2.48 bits per heavy atom. The lowest BCUT2D eigenvalue weighted by molar-refractivity contribution is -0.137. The van der Waals surface area contributed by atoms with Crippen LogP contribution in [0.5, 0.6) is 5.75 Å². The van der Waals surface area contributed by atoms with Gasteiger partial charge in [-0.1, -0.05) is 62.4 Å². The molecule has 1 N–H and O–H groups in total. The van der Waals surface area contributed by atoms with Gasteiger partial charge < -0.3 is 4.74 Å². The van der Waals surface area contributed by atoms with Crippen molar-refractivity contribution in [2.75, 3.05) is 0 Å². The molecule has 1 heterocycles. The van der Waals surface area contributed by atoms with Crippen LogP contribution in [0, 0.1) is 5.92 Å². The number of nitrogens with zero attached hydrogens (tertiary/aromatic N) is 1. The van der Waals surface area contributed by atoms with Gasteiger partial charge in [0.15, 0.2) is 5.75 Å². The molecule has 3 aromatic rings. The van der Waals surface area contributed by atoms with Crippen molar-refractivity contribution in [1.29, 1.82) is 0 Å². The maximum atomic E-state index is 12.7. The number of aromatic nitrogens is 1. The first kappa shape index (κ1) is 20.7. The van der Waals surface area contributed by atoms with Crippen LogP contribution in [0.4, 0.5) is 0 Å². The summed E-state index contributed by atoms with van der Waals surface area (Å²) in [7, 11) is -3.85. The molecule has 1 aromatic heterocycles. The molecule has 6 nitrogen and oxygen atoms in total. The number of ether oxygens (including phenoxy) is 1. The topological polar surface area (TPSA) is 85.4 Å². The average Bonchev–Trinajstić information content (AvgIpc) is 2.71. The molecule has 1 atom stereocenters. The van der Waals surface area contributed by atoms with Crippen molar-refractivity contribution in [1.82, 2.24) is 9.71 Å². The second-order valence-corrected chi connectivity index (χ2v) is 8.45. The molecular weight excluding hydrogens is 388 g/mol. The molecule has 0 fully saturated rings. The molecule has 0 unspecified atom stereocenters. The molecule has 3 rings (SSSR count). The number of para-hydroxylation sites is 1. The summed E-state index contributed by atoms with van der Waals surface area (Å²) < 4.78 is 32.9. The van der Waals surface area contributed by atoms with Crippen LogP contribution in [0.3, 0.4) is 0 Å². The predicted octanol–water partition coefficient (Wildman–Crippen LogP) is 3.76. The van der Waals surface area contributed by atoms with Gasteiger partial charge in [-0.15, -0.1) is 0 Å². The monoisotopic (exact) mass is 410 g/mol. The number of pyridine rings is 1. The highest BCUT2D eigenvalue weighted by Crippen LogP contribution is 2.24. The number of sulfonamides is 1. The second kappa shape index (κ2) is 8.98. The number of rotatable bonds is 7. The van der Waals surface area contributed by atoms with Gasteiger partial charge >= 0.3 is 5.97 Å². The Kier molecular flexibility index (Phi) is 6.41. The molecule has 0 radical (unpaired) electrons. The first-order chi connectivity index (χ1) is 13.9. The number of hydrogen-bond donors (Lipinski definition) is 1. The fourth-order valence-corrected chi connectivity index (χ4v) is 3.87. The molecule has 0 amide bonds. The quantitative estimate of drug-likeness (QED) is 0.474. The molecule has 0 aliphatic heterocycles. The van der Waals surface area contributed by atoms with Crippen molar-refractivity contribution in [2.45, 2.75) is 19.9 Å². The van der Waals surface area contributed by atoms with E-state index in [1.54, 1.807) is 50.4 Å². The number of nitrogens with one attached hydrogen (secondary N) is 1. The minimum absolute atomic E-state index is 0.290. The molecule has 0 saturated carbocycles. The molecule has 150 valence electrons. The summed E-state index contributed by atoms with van der Waals surface area (Å²) in [6.45, 7) is 3.49. The zero-order valence-electron chi connectivity index (χ0n) is 16.1. The number of fused-ring (bicyclic) bond motifs is 1. The fourth-order valence-electron chi connectivity index (χ4n) is 2.74. The van der Waals surface area contributed by atoms with E-state index >= 15 is 0 Å². The maximum absolute atomic E-state index is 12.7. The van der Waals surface area contributed by atoms with Crippen molar-refractivity contribution < 1.29 is 17.9 Å². The summed E-state index contributed by atoms with van der Waals surface area (Å²) >= 11 is 0. The maximum Gasteiger partial charge on any atom is 0.329 e. The largest absolute Gasteiger partial charge is 0.423 e. The van der Waals surface area contributed by atoms with Crippen LogP contribution in [0.2, 0.25) is 0 Å². The molecule has 0 bridgehead atoms. The SMILES string of the molecule is CC(C)[C@H](NS(=O)(=O)/C=C/c1ccccc1)C(=O)Oc1cccc2cccnc12. The zero-order chi connectivity index (χ0) is 20.9. The van der Waals surface area contributed by atoms with Gasteiger partial charge in [0.05, 0.1) is 0 Å². The van der Waals surface area contributed by atoms with Crippen molar-refractivity contribution in [3.63, 3.8) is 0 Å². The second-order valence-electron chi connectivity index (χ2n) is 6.85. The Bertz CT molecular complexity index is 1120. The van der Waals surface area contributed by atoms with Gasteiger partial charge in [0.1, 0.15) is 11.6 Å². The van der Waals surface area contributed by atoms with Gasteiger partial charge in [0.25, 0.3) is 0 Å². The number of carbonyl (C=O) groups is 1. The molecular formula is C22H22N2O4S. The summed E-state index contributed by atoms with van der Waals surface area (Å²) in [6.07, 6.45) is 3.08. The number of carbonyl (C=O) groups excluding carboxylic acids is 1. The highest BCUT2D eigenvalue weighted by molar-refractivity contribution is 7.92. The third-order valence-corrected chi connectivity index (χ3v) is 5.33. The van der Waals surface area contributed by atoms with Crippen LogP contribution in [0.25, 0.3) is 17.0 Å². The first-order valence-electron chi connectivity index (χ1n) is 9.16. The molecule has 0 aliphatic rings. The van der Waals surface area contributed by atoms with Gasteiger partial charge in [-0.2, -0.15) is 4.72 Å². The highest BCUT2D eigenvalue weighted by Gasteiger charge is 2.28. The molecule has 0 saturated heterocycles. The van der Waals surface area contributed by atoms with E-state index in [1.165, 1.54) is 6.08 Å². The van der Waals surface area contributed by atoms with E-state index in [0.29, 0.717) is 5.52 Å². The van der Waals surface area contributed by atoms with Crippen LogP contribution in [0.1, 0.15) is 19.4 Å². The molecule has 0 aliphatic carbocycles. The zero-order valence-corrected chi connectivity index (χ0v) is 17.0. The Labute approximate surface area is 170 Å². The number of esters is 1. The summed E-state index contributed by atoms with van der Waals surface area (Å²) in [4.78, 5) is 17.0. The van der Waals surface area contributed by atoms with Gasteiger partial charge in [-0.05, 0) is 29.7 Å². The Balaban J connectivity index is 1.78.